The highest BCUT2D eigenvalue weighted by Crippen LogP contribution is 2.18. The Morgan fingerprint density at radius 2 is 2.15 bits per heavy atom. The van der Waals surface area contributed by atoms with Crippen LogP contribution in [-0.2, 0) is 16.0 Å². The van der Waals surface area contributed by atoms with Gasteiger partial charge in [0.1, 0.15) is 5.78 Å². The van der Waals surface area contributed by atoms with Gasteiger partial charge in [0.25, 0.3) is 0 Å². The third-order valence-corrected chi connectivity index (χ3v) is 3.74. The van der Waals surface area contributed by atoms with Crippen LogP contribution in [0.4, 0.5) is 8.78 Å². The van der Waals surface area contributed by atoms with Crippen molar-refractivity contribution in [2.45, 2.75) is 26.2 Å². The number of rotatable bonds is 3. The third kappa shape index (κ3) is 3.03. The molecule has 1 aliphatic rings. The van der Waals surface area contributed by atoms with Gasteiger partial charge in [0.15, 0.2) is 11.6 Å². The summed E-state index contributed by atoms with van der Waals surface area (Å²) in [5, 5.41) is 0. The first-order valence-corrected chi connectivity index (χ1v) is 6.76. The molecule has 0 aromatic heterocycles. The summed E-state index contributed by atoms with van der Waals surface area (Å²) in [7, 11) is 0. The van der Waals surface area contributed by atoms with Crippen LogP contribution in [0.1, 0.15) is 25.3 Å². The average Bonchev–Trinajstić information content (AvgIpc) is 2.44. The van der Waals surface area contributed by atoms with Crippen molar-refractivity contribution in [2.24, 2.45) is 5.92 Å². The third-order valence-electron chi connectivity index (χ3n) is 3.74. The molecule has 20 heavy (non-hydrogen) atoms. The van der Waals surface area contributed by atoms with Gasteiger partial charge in [-0.2, -0.15) is 0 Å². The molecule has 1 fully saturated rings. The number of carbonyl (C=O) groups is 2. The molecule has 1 atom stereocenters. The fourth-order valence-electron chi connectivity index (χ4n) is 2.45. The van der Waals surface area contributed by atoms with Crippen molar-refractivity contribution in [2.75, 3.05) is 13.1 Å². The average molecular weight is 281 g/mol. The second-order valence-electron chi connectivity index (χ2n) is 5.05. The molecule has 1 amide bonds. The minimum atomic E-state index is -0.971. The number of Topliss-reactive ketones (excluding diaryl/α,β-unsaturated/α-hetero) is 1. The van der Waals surface area contributed by atoms with Gasteiger partial charge in [0, 0.05) is 31.0 Å². The number of hydrogen-bond donors (Lipinski definition) is 0. The summed E-state index contributed by atoms with van der Waals surface area (Å²) in [6, 6.07) is 3.81. The molecule has 3 nitrogen and oxygen atoms in total. The summed E-state index contributed by atoms with van der Waals surface area (Å²) in [5.74, 6) is -2.14. The number of nitrogens with zero attached hydrogens (tertiary/aromatic N) is 1. The Kier molecular flexibility index (Phi) is 4.47. The lowest BCUT2D eigenvalue weighted by Gasteiger charge is -2.31. The lowest BCUT2D eigenvalue weighted by molar-refractivity contribution is -0.136. The maximum atomic E-state index is 13.5. The Morgan fingerprint density at radius 1 is 1.40 bits per heavy atom. The van der Waals surface area contributed by atoms with E-state index in [1.54, 1.807) is 4.90 Å². The summed E-state index contributed by atoms with van der Waals surface area (Å²) < 4.78 is 26.6. The van der Waals surface area contributed by atoms with Crippen LogP contribution in [0.2, 0.25) is 0 Å². The van der Waals surface area contributed by atoms with Crippen molar-refractivity contribution in [3.63, 3.8) is 0 Å². The molecule has 1 heterocycles. The van der Waals surface area contributed by atoms with Gasteiger partial charge in [-0.1, -0.05) is 19.1 Å². The minimum Gasteiger partial charge on any atom is -0.341 e. The van der Waals surface area contributed by atoms with Crippen molar-refractivity contribution in [3.8, 4) is 0 Å². The molecule has 0 saturated carbocycles. The van der Waals surface area contributed by atoms with Gasteiger partial charge in [0.05, 0.1) is 6.42 Å². The zero-order chi connectivity index (χ0) is 14.7. The SMILES string of the molecule is CCC1CN(C(=O)Cc2cccc(F)c2F)CCC1=O. The fourth-order valence-corrected chi connectivity index (χ4v) is 2.45. The summed E-state index contributed by atoms with van der Waals surface area (Å²) in [5.41, 5.74) is 0.0555. The highest BCUT2D eigenvalue weighted by molar-refractivity contribution is 5.86. The molecule has 0 aliphatic carbocycles. The van der Waals surface area contributed by atoms with Crippen molar-refractivity contribution >= 4 is 11.7 Å². The van der Waals surface area contributed by atoms with Crippen molar-refractivity contribution in [1.82, 2.24) is 4.90 Å². The van der Waals surface area contributed by atoms with Crippen LogP contribution in [0.25, 0.3) is 0 Å². The fraction of sp³-hybridized carbons (Fsp3) is 0.467. The van der Waals surface area contributed by atoms with Crippen molar-refractivity contribution < 1.29 is 18.4 Å². The van der Waals surface area contributed by atoms with E-state index in [-0.39, 0.29) is 29.6 Å². The van der Waals surface area contributed by atoms with E-state index < -0.39 is 11.6 Å². The number of carbonyl (C=O) groups excluding carboxylic acids is 2. The minimum absolute atomic E-state index is 0.0555. The lowest BCUT2D eigenvalue weighted by Crippen LogP contribution is -2.44. The van der Waals surface area contributed by atoms with Gasteiger partial charge in [-0.15, -0.1) is 0 Å². The molecule has 5 heteroatoms. The topological polar surface area (TPSA) is 37.4 Å². The van der Waals surface area contributed by atoms with E-state index >= 15 is 0 Å². The standard InChI is InChI=1S/C15H17F2NO2/c1-2-10-9-18(7-6-13(10)19)14(20)8-11-4-3-5-12(16)15(11)17/h3-5,10H,2,6-9H2,1H3. The predicted molar refractivity (Wildman–Crippen MR) is 70.0 cm³/mol. The number of hydrogen-bond acceptors (Lipinski definition) is 2. The summed E-state index contributed by atoms with van der Waals surface area (Å²) in [6.07, 6.45) is 0.862. The Hall–Kier alpha value is -1.78. The van der Waals surface area contributed by atoms with Crippen LogP contribution in [0.15, 0.2) is 18.2 Å². The lowest BCUT2D eigenvalue weighted by atomic mass is 9.93. The molecule has 1 saturated heterocycles. The van der Waals surface area contributed by atoms with E-state index in [1.165, 1.54) is 12.1 Å². The maximum absolute atomic E-state index is 13.5. The summed E-state index contributed by atoms with van der Waals surface area (Å²) >= 11 is 0. The van der Waals surface area contributed by atoms with Gasteiger partial charge >= 0.3 is 0 Å². The van der Waals surface area contributed by atoms with E-state index in [9.17, 15) is 18.4 Å². The Labute approximate surface area is 116 Å². The first-order chi connectivity index (χ1) is 9.52. The van der Waals surface area contributed by atoms with Crippen LogP contribution in [0, 0.1) is 17.6 Å². The molecule has 1 unspecified atom stereocenters. The Bertz CT molecular complexity index is 531. The first kappa shape index (κ1) is 14.6. The number of benzene rings is 1. The molecule has 1 aliphatic heterocycles. The number of piperidine rings is 1. The molecule has 1 aromatic carbocycles. The van der Waals surface area contributed by atoms with Gasteiger partial charge in [-0.25, -0.2) is 8.78 Å². The van der Waals surface area contributed by atoms with E-state index in [4.69, 9.17) is 0 Å². The highest BCUT2D eigenvalue weighted by atomic mass is 19.2. The molecule has 108 valence electrons. The van der Waals surface area contributed by atoms with Crippen molar-refractivity contribution in [3.05, 3.63) is 35.4 Å². The second kappa shape index (κ2) is 6.11. The summed E-state index contributed by atoms with van der Waals surface area (Å²) in [6.45, 7) is 2.65. The zero-order valence-corrected chi connectivity index (χ0v) is 11.4. The van der Waals surface area contributed by atoms with E-state index in [1.807, 2.05) is 6.92 Å². The molecule has 0 spiro atoms. The smallest absolute Gasteiger partial charge is 0.227 e. The van der Waals surface area contributed by atoms with Gasteiger partial charge in [0.2, 0.25) is 5.91 Å². The molecule has 0 bridgehead atoms. The Balaban J connectivity index is 2.05. The normalized spacial score (nSPS) is 19.2. The largest absolute Gasteiger partial charge is 0.341 e. The van der Waals surface area contributed by atoms with Crippen LogP contribution in [0.5, 0.6) is 0 Å². The molecule has 0 N–H and O–H groups in total. The van der Waals surface area contributed by atoms with Gasteiger partial charge < -0.3 is 4.90 Å². The monoisotopic (exact) mass is 281 g/mol. The second-order valence-corrected chi connectivity index (χ2v) is 5.05. The Morgan fingerprint density at radius 3 is 2.85 bits per heavy atom. The first-order valence-electron chi connectivity index (χ1n) is 6.76. The van der Waals surface area contributed by atoms with Crippen LogP contribution < -0.4 is 0 Å². The quantitative estimate of drug-likeness (QED) is 0.852. The predicted octanol–water partition coefficient (Wildman–Crippen LogP) is 2.33. The van der Waals surface area contributed by atoms with Crippen LogP contribution >= 0.6 is 0 Å². The van der Waals surface area contributed by atoms with Gasteiger partial charge in [-0.05, 0) is 12.5 Å². The molecule has 0 radical (unpaired) electrons. The van der Waals surface area contributed by atoms with Crippen LogP contribution in [0.3, 0.4) is 0 Å². The molecule has 1 aromatic rings. The highest BCUT2D eigenvalue weighted by Gasteiger charge is 2.28. The number of amides is 1. The number of halogens is 2. The van der Waals surface area contributed by atoms with E-state index in [0.29, 0.717) is 25.9 Å². The molecular formula is C15H17F2NO2. The number of ketones is 1. The van der Waals surface area contributed by atoms with E-state index in [0.717, 1.165) is 6.07 Å². The zero-order valence-electron chi connectivity index (χ0n) is 11.4. The molecular weight excluding hydrogens is 264 g/mol. The van der Waals surface area contributed by atoms with Gasteiger partial charge in [-0.3, -0.25) is 9.59 Å². The molecule has 2 rings (SSSR count). The van der Waals surface area contributed by atoms with Crippen molar-refractivity contribution in [1.29, 1.82) is 0 Å². The van der Waals surface area contributed by atoms with E-state index in [2.05, 4.69) is 0 Å². The summed E-state index contributed by atoms with van der Waals surface area (Å²) in [4.78, 5) is 25.3. The number of likely N-dealkylation sites (tertiary alicyclic amines) is 1. The van der Waals surface area contributed by atoms with Crippen LogP contribution in [-0.4, -0.2) is 29.7 Å². The maximum Gasteiger partial charge on any atom is 0.227 e.